The maximum Gasteiger partial charge on any atom is 0.315 e. The smallest absolute Gasteiger partial charge is 0.315 e. The molecule has 11 nitrogen and oxygen atoms in total. The number of H-pyrrole nitrogens is 1. The second-order valence-electron chi connectivity index (χ2n) is 11.9. The van der Waals surface area contributed by atoms with Gasteiger partial charge in [-0.25, -0.2) is 9.37 Å². The van der Waals surface area contributed by atoms with Crippen LogP contribution in [0.25, 0.3) is 22.2 Å². The number of aromatic nitrogens is 5. The lowest BCUT2D eigenvalue weighted by Crippen LogP contribution is -2.44. The summed E-state index contributed by atoms with van der Waals surface area (Å²) >= 11 is 0. The number of aromatic amines is 1. The first-order valence-electron chi connectivity index (χ1n) is 14.5. The van der Waals surface area contributed by atoms with Crippen LogP contribution >= 0.6 is 0 Å². The van der Waals surface area contributed by atoms with Gasteiger partial charge in [0.25, 0.3) is 5.91 Å². The Hall–Kier alpha value is -5.13. The largest absolute Gasteiger partial charge is 0.354 e. The topological polar surface area (TPSA) is 142 Å². The lowest BCUT2D eigenvalue weighted by molar-refractivity contribution is 0.0904. The molecule has 44 heavy (non-hydrogen) atoms. The molecular formula is C32H33FN8O3. The summed E-state index contributed by atoms with van der Waals surface area (Å²) < 4.78 is 20.4. The van der Waals surface area contributed by atoms with Crippen molar-refractivity contribution in [1.29, 1.82) is 0 Å². The maximum absolute atomic E-state index is 15.3. The number of fused-ring (bicyclic) bond motifs is 1. The lowest BCUT2D eigenvalue weighted by atomic mass is 9.96. The van der Waals surface area contributed by atoms with Gasteiger partial charge in [-0.15, -0.1) is 0 Å². The average molecular weight is 597 g/mol. The molecule has 3 N–H and O–H groups in total. The minimum atomic E-state index is -0.571. The highest BCUT2D eigenvalue weighted by molar-refractivity contribution is 6.01. The van der Waals surface area contributed by atoms with Gasteiger partial charge in [0, 0.05) is 48.4 Å². The number of amides is 2. The summed E-state index contributed by atoms with van der Waals surface area (Å²) in [6, 6.07) is 16.0. The fourth-order valence-electron chi connectivity index (χ4n) is 5.23. The van der Waals surface area contributed by atoms with Gasteiger partial charge in [-0.1, -0.05) is 56.3 Å². The van der Waals surface area contributed by atoms with Gasteiger partial charge in [0.05, 0.1) is 5.39 Å². The van der Waals surface area contributed by atoms with Crippen molar-refractivity contribution in [3.63, 3.8) is 0 Å². The summed E-state index contributed by atoms with van der Waals surface area (Å²) in [5.41, 5.74) is 2.63. The molecular weight excluding hydrogens is 563 g/mol. The molecule has 12 heteroatoms. The summed E-state index contributed by atoms with van der Waals surface area (Å²) in [4.78, 5) is 35.9. The van der Waals surface area contributed by atoms with E-state index in [1.54, 1.807) is 24.4 Å². The van der Waals surface area contributed by atoms with Crippen LogP contribution < -0.4 is 15.5 Å². The van der Waals surface area contributed by atoms with Crippen LogP contribution in [0, 0.1) is 5.82 Å². The highest BCUT2D eigenvalue weighted by atomic mass is 19.1. The first-order valence-corrected chi connectivity index (χ1v) is 14.5. The van der Waals surface area contributed by atoms with Crippen molar-refractivity contribution in [2.24, 2.45) is 0 Å². The number of pyridine rings is 1. The third-order valence-corrected chi connectivity index (χ3v) is 7.70. The van der Waals surface area contributed by atoms with Crippen LogP contribution in [0.1, 0.15) is 66.0 Å². The van der Waals surface area contributed by atoms with Crippen molar-refractivity contribution in [1.82, 2.24) is 36.0 Å². The predicted molar refractivity (Wildman–Crippen MR) is 163 cm³/mol. The van der Waals surface area contributed by atoms with E-state index in [0.29, 0.717) is 41.3 Å². The number of nitrogens with one attached hydrogen (secondary N) is 3. The number of halogens is 1. The third-order valence-electron chi connectivity index (χ3n) is 7.70. The Labute approximate surface area is 253 Å². The molecule has 6 rings (SSSR count). The molecule has 1 fully saturated rings. The number of piperidine rings is 1. The number of nitrogens with zero attached hydrogens (tertiary/aromatic N) is 5. The quantitative estimate of drug-likeness (QED) is 0.244. The Morgan fingerprint density at radius 2 is 1.84 bits per heavy atom. The van der Waals surface area contributed by atoms with Gasteiger partial charge in [-0.2, -0.15) is 10.1 Å². The van der Waals surface area contributed by atoms with Crippen LogP contribution in [0.2, 0.25) is 0 Å². The number of anilines is 1. The minimum absolute atomic E-state index is 0.0450. The van der Waals surface area contributed by atoms with E-state index in [2.05, 4.69) is 40.9 Å². The van der Waals surface area contributed by atoms with E-state index in [1.807, 2.05) is 51.1 Å². The number of benzene rings is 2. The fraction of sp³-hybridized carbons (Fsp3) is 0.312. The van der Waals surface area contributed by atoms with Gasteiger partial charge in [-0.3, -0.25) is 14.7 Å². The van der Waals surface area contributed by atoms with Gasteiger partial charge >= 0.3 is 11.8 Å². The monoisotopic (exact) mass is 596 g/mol. The van der Waals surface area contributed by atoms with Crippen LogP contribution in [0.15, 0.2) is 65.3 Å². The summed E-state index contributed by atoms with van der Waals surface area (Å²) in [6.45, 7) is 7.08. The van der Waals surface area contributed by atoms with E-state index < -0.39 is 11.7 Å². The van der Waals surface area contributed by atoms with Crippen molar-refractivity contribution < 1.29 is 18.5 Å². The highest BCUT2D eigenvalue weighted by Crippen LogP contribution is 2.35. The van der Waals surface area contributed by atoms with Crippen molar-refractivity contribution in [2.75, 3.05) is 18.0 Å². The number of hydrogen-bond acceptors (Lipinski definition) is 8. The van der Waals surface area contributed by atoms with E-state index in [-0.39, 0.29) is 29.8 Å². The molecule has 0 radical (unpaired) electrons. The van der Waals surface area contributed by atoms with Crippen LogP contribution in [0.5, 0.6) is 0 Å². The lowest BCUT2D eigenvalue weighted by Gasteiger charge is -2.32. The molecule has 2 amide bonds. The van der Waals surface area contributed by atoms with Crippen LogP contribution in [0.3, 0.4) is 0 Å². The summed E-state index contributed by atoms with van der Waals surface area (Å²) in [5.74, 6) is -0.120. The zero-order chi connectivity index (χ0) is 30.8. The van der Waals surface area contributed by atoms with E-state index >= 15 is 4.39 Å². The minimum Gasteiger partial charge on any atom is -0.354 e. The number of hydrogen-bond donors (Lipinski definition) is 3. The first-order chi connectivity index (χ1) is 21.2. The van der Waals surface area contributed by atoms with E-state index in [4.69, 9.17) is 4.52 Å². The summed E-state index contributed by atoms with van der Waals surface area (Å²) in [6.07, 6.45) is 3.19. The Balaban J connectivity index is 1.14. The van der Waals surface area contributed by atoms with Gasteiger partial charge in [0.15, 0.2) is 17.3 Å². The van der Waals surface area contributed by atoms with Crippen molar-refractivity contribution in [2.45, 2.75) is 51.6 Å². The number of carbonyl (C=O) groups is 2. The molecule has 0 bridgehead atoms. The summed E-state index contributed by atoms with van der Waals surface area (Å²) in [5, 5.41) is 18.0. The van der Waals surface area contributed by atoms with Crippen molar-refractivity contribution in [3.8, 4) is 11.1 Å². The summed E-state index contributed by atoms with van der Waals surface area (Å²) in [7, 11) is 0. The molecule has 0 saturated carbocycles. The normalized spacial score (nSPS) is 14.1. The van der Waals surface area contributed by atoms with Gasteiger partial charge in [-0.05, 0) is 48.2 Å². The number of carbonyl (C=O) groups excluding carboxylic acids is 2. The molecule has 0 unspecified atom stereocenters. The van der Waals surface area contributed by atoms with Crippen molar-refractivity contribution in [3.05, 3.63) is 89.5 Å². The Bertz CT molecular complexity index is 1800. The Morgan fingerprint density at radius 1 is 1.07 bits per heavy atom. The molecule has 0 spiro atoms. The molecule has 1 saturated heterocycles. The zero-order valence-corrected chi connectivity index (χ0v) is 24.7. The molecule has 0 atom stereocenters. The van der Waals surface area contributed by atoms with Crippen LogP contribution in [-0.4, -0.2) is 56.3 Å². The van der Waals surface area contributed by atoms with E-state index in [0.717, 1.165) is 29.6 Å². The standard InChI is InChI=1S/C32H33FN8O3/c1-32(2,3)31-37-30(44-40-31)29(43)35-18-21-10-9-20(17-24(21)33)23-11-14-34-26-25(23)27(39-38-26)41-15-12-22(13-16-41)36-28(42)19-7-5-4-6-8-19/h4-11,14,17,22H,12-13,15-16,18H2,1-3H3,(H,35,43)(H,36,42)(H,34,38,39). The van der Waals surface area contributed by atoms with Gasteiger partial charge < -0.3 is 20.1 Å². The zero-order valence-electron chi connectivity index (χ0n) is 24.7. The van der Waals surface area contributed by atoms with Gasteiger partial charge in [0.1, 0.15) is 5.82 Å². The van der Waals surface area contributed by atoms with Crippen LogP contribution in [0.4, 0.5) is 10.2 Å². The Morgan fingerprint density at radius 3 is 2.55 bits per heavy atom. The molecule has 0 aliphatic carbocycles. The van der Waals surface area contributed by atoms with E-state index in [9.17, 15) is 9.59 Å². The average Bonchev–Trinajstić information content (AvgIpc) is 3.70. The first kappa shape index (κ1) is 29.0. The van der Waals surface area contributed by atoms with Crippen molar-refractivity contribution >= 4 is 28.7 Å². The van der Waals surface area contributed by atoms with E-state index in [1.165, 1.54) is 6.07 Å². The fourth-order valence-corrected chi connectivity index (χ4v) is 5.23. The number of rotatable bonds is 7. The molecule has 226 valence electrons. The molecule has 1 aliphatic rings. The highest BCUT2D eigenvalue weighted by Gasteiger charge is 2.26. The molecule has 5 aromatic rings. The van der Waals surface area contributed by atoms with Crippen LogP contribution in [-0.2, 0) is 12.0 Å². The molecule has 2 aromatic carbocycles. The van der Waals surface area contributed by atoms with Gasteiger partial charge in [0.2, 0.25) is 0 Å². The molecule has 4 heterocycles. The second kappa shape index (κ2) is 11.9. The maximum atomic E-state index is 15.3. The predicted octanol–water partition coefficient (Wildman–Crippen LogP) is 4.77. The Kier molecular flexibility index (Phi) is 7.81. The SMILES string of the molecule is CC(C)(C)c1noc(C(=O)NCc2ccc(-c3ccnc4[nH]nc(N5CCC(NC(=O)c6ccccc6)CC5)c34)cc2F)n1. The third kappa shape index (κ3) is 6.01. The second-order valence-corrected chi connectivity index (χ2v) is 11.9. The molecule has 1 aliphatic heterocycles. The molecule has 3 aromatic heterocycles.